The maximum atomic E-state index is 11.1. The first-order valence-corrected chi connectivity index (χ1v) is 4.70. The van der Waals surface area contributed by atoms with Crippen LogP contribution >= 0.6 is 31.9 Å². The topological polar surface area (TPSA) is 17.1 Å². The lowest BCUT2D eigenvalue weighted by atomic mass is 10.0. The Hall–Kier alpha value is -0.150. The summed E-state index contributed by atoms with van der Waals surface area (Å²) in [4.78, 5) is 11.1. The van der Waals surface area contributed by atoms with Gasteiger partial charge in [-0.3, -0.25) is 4.79 Å². The monoisotopic (exact) mass is 276 g/mol. The van der Waals surface area contributed by atoms with Crippen LogP contribution in [0.15, 0.2) is 33.8 Å². The van der Waals surface area contributed by atoms with Crippen LogP contribution in [0.4, 0.5) is 0 Å². The van der Waals surface area contributed by atoms with Crippen molar-refractivity contribution in [1.82, 2.24) is 0 Å². The van der Waals surface area contributed by atoms with E-state index in [9.17, 15) is 4.79 Å². The number of allylic oxidation sites excluding steroid dienone is 5. The number of carbonyl (C=O) groups excluding carboxylic acids is 1. The van der Waals surface area contributed by atoms with Gasteiger partial charge in [0.05, 0.1) is 9.31 Å². The molecule has 0 saturated heterocycles. The number of ketones is 1. The lowest BCUT2D eigenvalue weighted by Gasteiger charge is -2.05. The fourth-order valence-electron chi connectivity index (χ4n) is 0.814. The smallest absolute Gasteiger partial charge is 0.166 e. The maximum absolute atomic E-state index is 11.1. The van der Waals surface area contributed by atoms with Crippen LogP contribution in [0.5, 0.6) is 0 Å². The molecule has 1 aliphatic carbocycles. The molecule has 0 aromatic carbocycles. The second-order valence-electron chi connectivity index (χ2n) is 2.13. The van der Waals surface area contributed by atoms with E-state index < -0.39 is 0 Å². The Labute approximate surface area is 82.1 Å². The molecule has 1 rings (SSSR count). The molecular weight excluding hydrogens is 272 g/mol. The van der Waals surface area contributed by atoms with Crippen LogP contribution in [0.1, 0.15) is 0 Å². The molecule has 0 amide bonds. The Kier molecular flexibility index (Phi) is 3.27. The van der Waals surface area contributed by atoms with Crippen LogP contribution in [0.25, 0.3) is 0 Å². The highest BCUT2D eigenvalue weighted by Crippen LogP contribution is 2.19. The summed E-state index contributed by atoms with van der Waals surface area (Å²) in [6.07, 6.45) is 8.84. The van der Waals surface area contributed by atoms with E-state index in [1.54, 1.807) is 12.2 Å². The lowest BCUT2D eigenvalue weighted by molar-refractivity contribution is -0.115. The van der Waals surface area contributed by atoms with Gasteiger partial charge in [0.1, 0.15) is 0 Å². The van der Waals surface area contributed by atoms with Gasteiger partial charge in [-0.2, -0.15) is 0 Å². The van der Waals surface area contributed by atoms with E-state index in [-0.39, 0.29) is 11.7 Å². The SMILES string of the molecule is O=C1C=CC=CC1C=C(Br)Br. The summed E-state index contributed by atoms with van der Waals surface area (Å²) in [5.74, 6) is -0.00218. The van der Waals surface area contributed by atoms with E-state index in [4.69, 9.17) is 0 Å². The molecule has 0 N–H and O–H groups in total. The normalized spacial score (nSPS) is 22.0. The Bertz CT molecular complexity index is 247. The predicted octanol–water partition coefficient (Wildman–Crippen LogP) is 2.93. The van der Waals surface area contributed by atoms with Gasteiger partial charge < -0.3 is 0 Å². The Morgan fingerprint density at radius 1 is 1.45 bits per heavy atom. The van der Waals surface area contributed by atoms with Crippen molar-refractivity contribution in [3.8, 4) is 0 Å². The third kappa shape index (κ3) is 2.75. The first-order valence-electron chi connectivity index (χ1n) is 3.11. The summed E-state index contributed by atoms with van der Waals surface area (Å²) in [6.45, 7) is 0. The van der Waals surface area contributed by atoms with E-state index in [0.29, 0.717) is 0 Å². The van der Waals surface area contributed by atoms with Crippen molar-refractivity contribution in [2.24, 2.45) is 5.92 Å². The van der Waals surface area contributed by atoms with Crippen molar-refractivity contribution >= 4 is 37.6 Å². The van der Waals surface area contributed by atoms with E-state index in [1.165, 1.54) is 0 Å². The average molecular weight is 278 g/mol. The molecule has 1 unspecified atom stereocenters. The van der Waals surface area contributed by atoms with Gasteiger partial charge in [0.25, 0.3) is 0 Å². The minimum atomic E-state index is -0.117. The third-order valence-electron chi connectivity index (χ3n) is 1.32. The molecule has 0 fully saturated rings. The highest BCUT2D eigenvalue weighted by atomic mass is 79.9. The van der Waals surface area contributed by atoms with Crippen molar-refractivity contribution in [2.75, 3.05) is 0 Å². The number of carbonyl (C=O) groups is 1. The predicted molar refractivity (Wildman–Crippen MR) is 52.7 cm³/mol. The Morgan fingerprint density at radius 3 is 2.73 bits per heavy atom. The highest BCUT2D eigenvalue weighted by Gasteiger charge is 2.11. The molecule has 0 saturated carbocycles. The Balaban J connectivity index is 2.75. The van der Waals surface area contributed by atoms with Gasteiger partial charge in [0.15, 0.2) is 5.78 Å². The van der Waals surface area contributed by atoms with Gasteiger partial charge in [-0.05, 0) is 44.0 Å². The zero-order valence-electron chi connectivity index (χ0n) is 5.63. The fraction of sp³-hybridized carbons (Fsp3) is 0.125. The van der Waals surface area contributed by atoms with Crippen LogP contribution in [0, 0.1) is 5.92 Å². The van der Waals surface area contributed by atoms with E-state index in [2.05, 4.69) is 31.9 Å². The number of rotatable bonds is 1. The summed E-state index contributed by atoms with van der Waals surface area (Å²) in [6, 6.07) is 0. The Morgan fingerprint density at radius 2 is 2.18 bits per heavy atom. The van der Waals surface area contributed by atoms with Gasteiger partial charge >= 0.3 is 0 Å². The van der Waals surface area contributed by atoms with Gasteiger partial charge in [0, 0.05) is 0 Å². The van der Waals surface area contributed by atoms with E-state index in [0.717, 1.165) is 3.39 Å². The van der Waals surface area contributed by atoms with Crippen molar-refractivity contribution in [3.63, 3.8) is 0 Å². The summed E-state index contributed by atoms with van der Waals surface area (Å²) < 4.78 is 0.809. The second-order valence-corrected chi connectivity index (χ2v) is 4.90. The molecule has 3 heteroatoms. The molecule has 0 heterocycles. The van der Waals surface area contributed by atoms with Gasteiger partial charge in [0.2, 0.25) is 0 Å². The second kappa shape index (κ2) is 4.02. The van der Waals surface area contributed by atoms with Crippen LogP contribution in [-0.4, -0.2) is 5.78 Å². The highest BCUT2D eigenvalue weighted by molar-refractivity contribution is 9.28. The molecule has 58 valence electrons. The largest absolute Gasteiger partial charge is 0.294 e. The maximum Gasteiger partial charge on any atom is 0.166 e. The first kappa shape index (κ1) is 8.94. The zero-order chi connectivity index (χ0) is 8.27. The number of halogens is 2. The zero-order valence-corrected chi connectivity index (χ0v) is 8.80. The summed E-state index contributed by atoms with van der Waals surface area (Å²) in [5.41, 5.74) is 0. The summed E-state index contributed by atoms with van der Waals surface area (Å²) in [5, 5.41) is 0. The van der Waals surface area contributed by atoms with Gasteiger partial charge in [-0.1, -0.05) is 18.2 Å². The molecule has 11 heavy (non-hydrogen) atoms. The van der Waals surface area contributed by atoms with Crippen molar-refractivity contribution in [1.29, 1.82) is 0 Å². The summed E-state index contributed by atoms with van der Waals surface area (Å²) in [7, 11) is 0. The van der Waals surface area contributed by atoms with E-state index in [1.807, 2.05) is 18.2 Å². The molecule has 0 bridgehead atoms. The van der Waals surface area contributed by atoms with Crippen LogP contribution in [0.2, 0.25) is 0 Å². The first-order chi connectivity index (χ1) is 5.20. The minimum absolute atomic E-state index is 0.115. The van der Waals surface area contributed by atoms with Crippen LogP contribution in [-0.2, 0) is 4.79 Å². The molecule has 0 aromatic heterocycles. The van der Waals surface area contributed by atoms with E-state index >= 15 is 0 Å². The standard InChI is InChI=1S/C8H6Br2O/c9-8(10)5-6-3-1-2-4-7(6)11/h1-6H. The van der Waals surface area contributed by atoms with Gasteiger partial charge in [-0.15, -0.1) is 0 Å². The molecule has 0 aliphatic heterocycles. The molecular formula is C8H6Br2O. The molecule has 0 aromatic rings. The van der Waals surface area contributed by atoms with Crippen molar-refractivity contribution < 1.29 is 4.79 Å². The molecule has 1 aliphatic rings. The fourth-order valence-corrected chi connectivity index (χ4v) is 1.38. The van der Waals surface area contributed by atoms with Gasteiger partial charge in [-0.25, -0.2) is 0 Å². The number of hydrogen-bond acceptors (Lipinski definition) is 1. The molecule has 0 spiro atoms. The van der Waals surface area contributed by atoms with Crippen LogP contribution in [0.3, 0.4) is 0 Å². The average Bonchev–Trinajstić information content (AvgIpc) is 1.93. The lowest BCUT2D eigenvalue weighted by Crippen LogP contribution is -2.08. The van der Waals surface area contributed by atoms with Crippen molar-refractivity contribution in [2.45, 2.75) is 0 Å². The quantitative estimate of drug-likeness (QED) is 0.720. The minimum Gasteiger partial charge on any atom is -0.294 e. The summed E-state index contributed by atoms with van der Waals surface area (Å²) >= 11 is 6.41. The third-order valence-corrected chi connectivity index (χ3v) is 1.85. The molecule has 1 atom stereocenters. The van der Waals surface area contributed by atoms with Crippen molar-refractivity contribution in [3.05, 3.63) is 33.8 Å². The molecule has 0 radical (unpaired) electrons. The van der Waals surface area contributed by atoms with Crippen LogP contribution < -0.4 is 0 Å². The number of hydrogen-bond donors (Lipinski definition) is 0. The molecule has 1 nitrogen and oxygen atoms in total.